The molecular weight excluding hydrogens is 190 g/mol. The Labute approximate surface area is 89.4 Å². The van der Waals surface area contributed by atoms with Crippen LogP contribution in [-0.4, -0.2) is 14.5 Å². The zero-order valence-corrected chi connectivity index (χ0v) is 9.24. The average Bonchev–Trinajstić information content (AvgIpc) is 2.63. The summed E-state index contributed by atoms with van der Waals surface area (Å²) in [5.41, 5.74) is 1.36. The van der Waals surface area contributed by atoms with E-state index in [0.717, 1.165) is 11.3 Å². The molecule has 15 heavy (non-hydrogen) atoms. The minimum absolute atomic E-state index is 0. The molecule has 0 radical (unpaired) electrons. The fourth-order valence-corrected chi connectivity index (χ4v) is 1.58. The molecule has 2 heterocycles. The van der Waals surface area contributed by atoms with Crippen LogP contribution in [0.2, 0.25) is 0 Å². The number of fused-ring (bicyclic) bond motifs is 1. The van der Waals surface area contributed by atoms with Crippen LogP contribution in [-0.2, 0) is 6.54 Å². The Balaban J connectivity index is 0.00000128. The lowest BCUT2D eigenvalue weighted by Crippen LogP contribution is -2.18. The maximum absolute atomic E-state index is 11.9. The normalized spacial score (nSPS) is 11.5. The molecule has 82 valence electrons. The van der Waals surface area contributed by atoms with Gasteiger partial charge in [-0.1, -0.05) is 13.8 Å². The van der Waals surface area contributed by atoms with Crippen LogP contribution in [0.25, 0.3) is 11.0 Å². The standard InChI is InChI=1S/C11H15N3O.H2/c1-4-14-6-5-8-9(11(14)15)13-10(12-8)7(2)3;/h5-7H,4H2,1-3H3,(H,12,13);1H. The maximum Gasteiger partial charge on any atom is 0.278 e. The van der Waals surface area contributed by atoms with E-state index >= 15 is 0 Å². The molecule has 0 unspecified atom stereocenters. The Bertz CT molecular complexity index is 542. The largest absolute Gasteiger partial charge is 0.342 e. The number of imidazole rings is 1. The molecule has 0 aromatic carbocycles. The van der Waals surface area contributed by atoms with Crippen molar-refractivity contribution in [2.24, 2.45) is 0 Å². The summed E-state index contributed by atoms with van der Waals surface area (Å²) >= 11 is 0. The quantitative estimate of drug-likeness (QED) is 0.820. The lowest BCUT2D eigenvalue weighted by Gasteiger charge is -1.98. The number of aromatic amines is 1. The van der Waals surface area contributed by atoms with Crippen molar-refractivity contribution in [3.05, 3.63) is 28.4 Å². The molecular formula is C11H17N3O. The summed E-state index contributed by atoms with van der Waals surface area (Å²) in [5, 5.41) is 0. The molecule has 0 amide bonds. The number of pyridine rings is 1. The van der Waals surface area contributed by atoms with Crippen LogP contribution in [0.3, 0.4) is 0 Å². The topological polar surface area (TPSA) is 50.7 Å². The second-order valence-corrected chi connectivity index (χ2v) is 3.95. The van der Waals surface area contributed by atoms with E-state index in [1.165, 1.54) is 0 Å². The molecule has 0 saturated carbocycles. The smallest absolute Gasteiger partial charge is 0.278 e. The highest BCUT2D eigenvalue weighted by Gasteiger charge is 2.09. The van der Waals surface area contributed by atoms with Gasteiger partial charge in [0, 0.05) is 20.1 Å². The number of rotatable bonds is 2. The number of aromatic nitrogens is 3. The molecule has 4 heteroatoms. The van der Waals surface area contributed by atoms with Crippen molar-refractivity contribution in [3.8, 4) is 0 Å². The molecule has 0 bridgehead atoms. The van der Waals surface area contributed by atoms with Gasteiger partial charge in [-0.05, 0) is 13.0 Å². The van der Waals surface area contributed by atoms with Gasteiger partial charge in [0.1, 0.15) is 5.82 Å². The van der Waals surface area contributed by atoms with Crippen molar-refractivity contribution < 1.29 is 1.43 Å². The highest BCUT2D eigenvalue weighted by Crippen LogP contribution is 2.13. The molecule has 2 aromatic rings. The van der Waals surface area contributed by atoms with Crippen LogP contribution in [0.15, 0.2) is 17.1 Å². The molecule has 1 N–H and O–H groups in total. The molecule has 0 atom stereocenters. The van der Waals surface area contributed by atoms with Gasteiger partial charge in [0.2, 0.25) is 0 Å². The SMILES string of the molecule is CCn1ccc2[nH]c(C(C)C)nc2c1=O.[HH]. The molecule has 0 aliphatic rings. The molecule has 2 rings (SSSR count). The van der Waals surface area contributed by atoms with Crippen LogP contribution in [0, 0.1) is 0 Å². The lowest BCUT2D eigenvalue weighted by molar-refractivity contribution is 0.733. The molecule has 2 aromatic heterocycles. The maximum atomic E-state index is 11.9. The first-order valence-corrected chi connectivity index (χ1v) is 5.22. The van der Waals surface area contributed by atoms with Gasteiger partial charge in [-0.15, -0.1) is 0 Å². The van der Waals surface area contributed by atoms with Gasteiger partial charge in [0.05, 0.1) is 5.52 Å². The van der Waals surface area contributed by atoms with Gasteiger partial charge in [0.25, 0.3) is 5.56 Å². The third kappa shape index (κ3) is 1.56. The summed E-state index contributed by atoms with van der Waals surface area (Å²) in [6.07, 6.45) is 1.80. The van der Waals surface area contributed by atoms with Gasteiger partial charge in [-0.3, -0.25) is 4.79 Å². The van der Waals surface area contributed by atoms with Gasteiger partial charge in [0.15, 0.2) is 5.52 Å². The van der Waals surface area contributed by atoms with Crippen LogP contribution < -0.4 is 5.56 Å². The number of H-pyrrole nitrogens is 1. The first-order valence-electron chi connectivity index (χ1n) is 5.22. The van der Waals surface area contributed by atoms with Crippen molar-refractivity contribution >= 4 is 11.0 Å². The Morgan fingerprint density at radius 2 is 2.33 bits per heavy atom. The summed E-state index contributed by atoms with van der Waals surface area (Å²) in [7, 11) is 0. The first-order chi connectivity index (χ1) is 7.13. The second kappa shape index (κ2) is 3.53. The lowest BCUT2D eigenvalue weighted by atomic mass is 10.2. The van der Waals surface area contributed by atoms with Crippen LogP contribution >= 0.6 is 0 Å². The summed E-state index contributed by atoms with van der Waals surface area (Å²) < 4.78 is 1.66. The van der Waals surface area contributed by atoms with Crippen molar-refractivity contribution in [1.82, 2.24) is 14.5 Å². The zero-order chi connectivity index (χ0) is 11.0. The zero-order valence-electron chi connectivity index (χ0n) is 9.24. The molecule has 4 nitrogen and oxygen atoms in total. The van der Waals surface area contributed by atoms with E-state index in [1.807, 2.05) is 13.0 Å². The molecule has 0 aliphatic heterocycles. The Kier molecular flexibility index (Phi) is 2.34. The van der Waals surface area contributed by atoms with Gasteiger partial charge >= 0.3 is 0 Å². The van der Waals surface area contributed by atoms with Crippen LogP contribution in [0.1, 0.15) is 33.9 Å². The van der Waals surface area contributed by atoms with Crippen molar-refractivity contribution in [3.63, 3.8) is 0 Å². The van der Waals surface area contributed by atoms with E-state index in [1.54, 1.807) is 10.8 Å². The number of nitrogens with zero attached hydrogens (tertiary/aromatic N) is 2. The molecule has 0 spiro atoms. The number of hydrogen-bond acceptors (Lipinski definition) is 2. The van der Waals surface area contributed by atoms with Gasteiger partial charge in [-0.2, -0.15) is 0 Å². The summed E-state index contributed by atoms with van der Waals surface area (Å²) in [4.78, 5) is 19.4. The first kappa shape index (κ1) is 9.96. The highest BCUT2D eigenvalue weighted by atomic mass is 16.1. The van der Waals surface area contributed by atoms with Crippen molar-refractivity contribution in [2.75, 3.05) is 0 Å². The predicted molar refractivity (Wildman–Crippen MR) is 62.2 cm³/mol. The van der Waals surface area contributed by atoms with E-state index in [-0.39, 0.29) is 6.99 Å². The molecule has 0 saturated heterocycles. The summed E-state index contributed by atoms with van der Waals surface area (Å²) in [5.74, 6) is 1.18. The second-order valence-electron chi connectivity index (χ2n) is 3.95. The number of nitrogens with one attached hydrogen (secondary N) is 1. The average molecular weight is 207 g/mol. The van der Waals surface area contributed by atoms with Gasteiger partial charge < -0.3 is 9.55 Å². The van der Waals surface area contributed by atoms with E-state index in [2.05, 4.69) is 23.8 Å². The Hall–Kier alpha value is -1.58. The Morgan fingerprint density at radius 1 is 1.60 bits per heavy atom. The minimum atomic E-state index is -0.0156. The van der Waals surface area contributed by atoms with E-state index in [0.29, 0.717) is 18.0 Å². The predicted octanol–water partition coefficient (Wildman–Crippen LogP) is 2.11. The third-order valence-electron chi connectivity index (χ3n) is 2.52. The number of hydrogen-bond donors (Lipinski definition) is 1. The van der Waals surface area contributed by atoms with Crippen molar-refractivity contribution in [2.45, 2.75) is 33.2 Å². The fraction of sp³-hybridized carbons (Fsp3) is 0.455. The third-order valence-corrected chi connectivity index (χ3v) is 2.52. The van der Waals surface area contributed by atoms with E-state index in [4.69, 9.17) is 0 Å². The molecule has 0 aliphatic carbocycles. The highest BCUT2D eigenvalue weighted by molar-refractivity contribution is 5.73. The number of aryl methyl sites for hydroxylation is 1. The fourth-order valence-electron chi connectivity index (χ4n) is 1.58. The minimum Gasteiger partial charge on any atom is -0.342 e. The summed E-state index contributed by atoms with van der Waals surface area (Å²) in [6.45, 7) is 6.73. The monoisotopic (exact) mass is 207 g/mol. The van der Waals surface area contributed by atoms with Gasteiger partial charge in [-0.25, -0.2) is 4.98 Å². The Morgan fingerprint density at radius 3 is 2.93 bits per heavy atom. The van der Waals surface area contributed by atoms with Crippen LogP contribution in [0.4, 0.5) is 0 Å². The van der Waals surface area contributed by atoms with Crippen molar-refractivity contribution in [1.29, 1.82) is 0 Å². The van der Waals surface area contributed by atoms with Crippen LogP contribution in [0.5, 0.6) is 0 Å². The van der Waals surface area contributed by atoms with E-state index in [9.17, 15) is 4.79 Å². The summed E-state index contributed by atoms with van der Waals surface area (Å²) in [6, 6.07) is 1.90. The molecule has 0 fully saturated rings. The van der Waals surface area contributed by atoms with E-state index < -0.39 is 0 Å².